The SMILES string of the molecule is NC(=O)[C@H](Cc1cnc[nH]1)N(C(=O)C(Cc1cccc2ccccc12)Cc1cccc2ccccc12)[C@@H](CC1CCCCC1)[C@@H](O)c1ncc[nH]1. The lowest BCUT2D eigenvalue weighted by Gasteiger charge is -2.42. The number of aliphatic hydroxyl groups is 1. The minimum Gasteiger partial charge on any atom is -0.383 e. The summed E-state index contributed by atoms with van der Waals surface area (Å²) in [4.78, 5) is 45.8. The Balaban J connectivity index is 1.37. The van der Waals surface area contributed by atoms with Crippen LogP contribution in [0.25, 0.3) is 21.5 Å². The topological polar surface area (TPSA) is 141 Å². The number of nitrogens with two attached hydrogens (primary N) is 1. The molecule has 1 saturated carbocycles. The van der Waals surface area contributed by atoms with E-state index in [1.807, 2.05) is 36.4 Å². The zero-order valence-corrected chi connectivity index (χ0v) is 28.8. The molecule has 51 heavy (non-hydrogen) atoms. The minimum atomic E-state index is -1.16. The van der Waals surface area contributed by atoms with Crippen LogP contribution in [0.3, 0.4) is 0 Å². The van der Waals surface area contributed by atoms with E-state index in [9.17, 15) is 9.90 Å². The molecule has 3 atom stereocenters. The van der Waals surface area contributed by atoms with Crippen molar-refractivity contribution in [1.82, 2.24) is 24.8 Å². The van der Waals surface area contributed by atoms with Gasteiger partial charge in [-0.3, -0.25) is 9.59 Å². The number of carbonyl (C=O) groups is 2. The predicted octanol–water partition coefficient (Wildman–Crippen LogP) is 6.84. The lowest BCUT2D eigenvalue weighted by Crippen LogP contribution is -2.58. The first-order chi connectivity index (χ1) is 25.0. The minimum absolute atomic E-state index is 0.141. The number of hydrogen-bond donors (Lipinski definition) is 4. The number of amides is 2. The average Bonchev–Trinajstić information content (AvgIpc) is 3.90. The van der Waals surface area contributed by atoms with E-state index in [0.717, 1.165) is 58.4 Å². The van der Waals surface area contributed by atoms with E-state index in [0.29, 0.717) is 30.8 Å². The van der Waals surface area contributed by atoms with Crippen LogP contribution in [0.1, 0.15) is 67.3 Å². The number of hydrogen-bond acceptors (Lipinski definition) is 5. The van der Waals surface area contributed by atoms with E-state index in [2.05, 4.69) is 68.5 Å². The molecule has 0 saturated heterocycles. The number of carbonyl (C=O) groups excluding carboxylic acids is 2. The summed E-state index contributed by atoms with van der Waals surface area (Å²) < 4.78 is 0. The van der Waals surface area contributed by atoms with Crippen molar-refractivity contribution in [2.75, 3.05) is 0 Å². The van der Waals surface area contributed by atoms with Gasteiger partial charge in [0.1, 0.15) is 18.0 Å². The van der Waals surface area contributed by atoms with Crippen LogP contribution in [0.5, 0.6) is 0 Å². The van der Waals surface area contributed by atoms with Crippen molar-refractivity contribution in [3.05, 3.63) is 132 Å². The predicted molar refractivity (Wildman–Crippen MR) is 199 cm³/mol. The van der Waals surface area contributed by atoms with Gasteiger partial charge >= 0.3 is 0 Å². The van der Waals surface area contributed by atoms with Crippen LogP contribution < -0.4 is 5.73 Å². The van der Waals surface area contributed by atoms with Gasteiger partial charge in [0.2, 0.25) is 11.8 Å². The van der Waals surface area contributed by atoms with Crippen molar-refractivity contribution < 1.29 is 14.7 Å². The number of benzene rings is 4. The number of primary amides is 1. The molecule has 7 rings (SSSR count). The Morgan fingerprint density at radius 2 is 1.45 bits per heavy atom. The molecular formula is C42H46N6O3. The number of imidazole rings is 2. The number of fused-ring (bicyclic) bond motifs is 2. The first-order valence-corrected chi connectivity index (χ1v) is 18.2. The molecule has 0 radical (unpaired) electrons. The van der Waals surface area contributed by atoms with Crippen LogP contribution in [-0.4, -0.2) is 53.8 Å². The highest BCUT2D eigenvalue weighted by molar-refractivity contribution is 5.91. The second kappa shape index (κ2) is 15.7. The van der Waals surface area contributed by atoms with Crippen LogP contribution in [0.15, 0.2) is 110 Å². The number of aliphatic hydroxyl groups excluding tert-OH is 1. The Morgan fingerprint density at radius 1 is 0.824 bits per heavy atom. The van der Waals surface area contributed by atoms with Crippen LogP contribution in [0, 0.1) is 11.8 Å². The highest BCUT2D eigenvalue weighted by Gasteiger charge is 2.43. The molecule has 1 aliphatic carbocycles. The van der Waals surface area contributed by atoms with Gasteiger partial charge in [-0.25, -0.2) is 9.97 Å². The lowest BCUT2D eigenvalue weighted by atomic mass is 9.81. The van der Waals surface area contributed by atoms with Crippen LogP contribution in [0.2, 0.25) is 0 Å². The number of nitrogens with zero attached hydrogens (tertiary/aromatic N) is 3. The van der Waals surface area contributed by atoms with Gasteiger partial charge in [0.05, 0.1) is 12.4 Å². The van der Waals surface area contributed by atoms with Crippen molar-refractivity contribution >= 4 is 33.4 Å². The molecule has 2 amide bonds. The van der Waals surface area contributed by atoms with Gasteiger partial charge in [0, 0.05) is 36.6 Å². The molecule has 2 heterocycles. The Morgan fingerprint density at radius 3 is 2.02 bits per heavy atom. The smallest absolute Gasteiger partial charge is 0.240 e. The highest BCUT2D eigenvalue weighted by Crippen LogP contribution is 2.36. The molecule has 9 nitrogen and oxygen atoms in total. The van der Waals surface area contributed by atoms with Crippen LogP contribution >= 0.6 is 0 Å². The normalized spacial score (nSPS) is 15.6. The molecule has 0 unspecified atom stereocenters. The third-order valence-corrected chi connectivity index (χ3v) is 10.7. The summed E-state index contributed by atoms with van der Waals surface area (Å²) in [5, 5.41) is 16.5. The van der Waals surface area contributed by atoms with Crippen molar-refractivity contribution in [1.29, 1.82) is 0 Å². The van der Waals surface area contributed by atoms with E-state index in [1.165, 1.54) is 6.42 Å². The van der Waals surface area contributed by atoms with Gasteiger partial charge < -0.3 is 25.7 Å². The summed E-state index contributed by atoms with van der Waals surface area (Å²) >= 11 is 0. The molecule has 0 bridgehead atoms. The Bertz CT molecular complexity index is 1960. The zero-order valence-electron chi connectivity index (χ0n) is 28.8. The summed E-state index contributed by atoms with van der Waals surface area (Å²) in [5.41, 5.74) is 9.04. The summed E-state index contributed by atoms with van der Waals surface area (Å²) in [6.45, 7) is 0. The molecule has 6 aromatic rings. The second-order valence-corrected chi connectivity index (χ2v) is 14.1. The lowest BCUT2D eigenvalue weighted by molar-refractivity contribution is -0.150. The van der Waals surface area contributed by atoms with Crippen LogP contribution in [0.4, 0.5) is 0 Å². The summed E-state index contributed by atoms with van der Waals surface area (Å²) in [6, 6.07) is 27.0. The van der Waals surface area contributed by atoms with E-state index in [-0.39, 0.29) is 18.2 Å². The summed E-state index contributed by atoms with van der Waals surface area (Å²) in [7, 11) is 0. The van der Waals surface area contributed by atoms with Crippen molar-refractivity contribution in [2.45, 2.75) is 76.0 Å². The number of aromatic nitrogens is 4. The van der Waals surface area contributed by atoms with Gasteiger partial charge in [-0.05, 0) is 57.9 Å². The molecule has 1 aliphatic rings. The maximum atomic E-state index is 15.7. The molecule has 0 aliphatic heterocycles. The third-order valence-electron chi connectivity index (χ3n) is 10.7. The molecule has 262 valence electrons. The second-order valence-electron chi connectivity index (χ2n) is 14.1. The monoisotopic (exact) mass is 682 g/mol. The highest BCUT2D eigenvalue weighted by atomic mass is 16.3. The van der Waals surface area contributed by atoms with E-state index in [1.54, 1.807) is 29.8 Å². The zero-order chi connectivity index (χ0) is 35.2. The third kappa shape index (κ3) is 7.73. The van der Waals surface area contributed by atoms with Gasteiger partial charge in [-0.1, -0.05) is 117 Å². The van der Waals surface area contributed by atoms with Crippen molar-refractivity contribution in [2.24, 2.45) is 17.6 Å². The molecular weight excluding hydrogens is 637 g/mol. The van der Waals surface area contributed by atoms with E-state index in [4.69, 9.17) is 5.73 Å². The quantitative estimate of drug-likeness (QED) is 0.0996. The maximum absolute atomic E-state index is 15.7. The summed E-state index contributed by atoms with van der Waals surface area (Å²) in [6.07, 6.45) is 12.2. The number of H-pyrrole nitrogens is 2. The van der Waals surface area contributed by atoms with Crippen LogP contribution in [-0.2, 0) is 28.9 Å². The molecule has 9 heteroatoms. The fourth-order valence-electron chi connectivity index (χ4n) is 8.20. The first kappa shape index (κ1) is 34.2. The Hall–Kier alpha value is -5.28. The maximum Gasteiger partial charge on any atom is 0.240 e. The average molecular weight is 683 g/mol. The summed E-state index contributed by atoms with van der Waals surface area (Å²) in [5.74, 6) is -0.794. The number of rotatable bonds is 14. The molecule has 2 aromatic heterocycles. The number of aromatic amines is 2. The van der Waals surface area contributed by atoms with Gasteiger partial charge in [0.25, 0.3) is 0 Å². The van der Waals surface area contributed by atoms with Crippen molar-refractivity contribution in [3.63, 3.8) is 0 Å². The van der Waals surface area contributed by atoms with E-state index >= 15 is 4.79 Å². The molecule has 5 N–H and O–H groups in total. The van der Waals surface area contributed by atoms with Gasteiger partial charge in [0.15, 0.2) is 0 Å². The molecule has 0 spiro atoms. The standard InChI is InChI=1S/C42H46N6O3/c43-40(50)38(25-34-26-44-27-47-34)48(37(22-28-10-2-1-3-11-28)39(49)41-45-20-21-46-41)42(51)33(23-31-16-8-14-29-12-4-6-18-35(29)31)24-32-17-9-15-30-13-5-7-19-36(30)32/h4-9,12-21,26-28,33,37-39,49H,1-3,10-11,22-25H2,(H2,43,50)(H,44,47)(H,45,46)/t37-,38-,39+/m0/s1. The largest absolute Gasteiger partial charge is 0.383 e. The first-order valence-electron chi connectivity index (χ1n) is 18.2. The van der Waals surface area contributed by atoms with Gasteiger partial charge in [-0.15, -0.1) is 0 Å². The molecule has 1 fully saturated rings. The Labute approximate surface area is 298 Å². The fraction of sp³-hybridized carbons (Fsp3) is 0.333. The molecule has 4 aromatic carbocycles. The number of nitrogens with one attached hydrogen (secondary N) is 2. The van der Waals surface area contributed by atoms with Gasteiger partial charge in [-0.2, -0.15) is 0 Å². The van der Waals surface area contributed by atoms with E-state index < -0.39 is 30.0 Å². The fourth-order valence-corrected chi connectivity index (χ4v) is 8.20. The van der Waals surface area contributed by atoms with Crippen molar-refractivity contribution in [3.8, 4) is 0 Å². The Kier molecular flexibility index (Phi) is 10.5.